The molecule has 0 saturated carbocycles. The molecule has 4 nitrogen and oxygen atoms in total. The van der Waals surface area contributed by atoms with Crippen LogP contribution in [0.15, 0.2) is 30.5 Å². The second-order valence-electron chi connectivity index (χ2n) is 3.48. The van der Waals surface area contributed by atoms with Crippen LogP contribution in [0.4, 0.5) is 4.39 Å². The number of ether oxygens (including phenoxy) is 1. The van der Waals surface area contributed by atoms with Crippen LogP contribution in [0.25, 0.3) is 11.3 Å². The van der Waals surface area contributed by atoms with Crippen molar-refractivity contribution in [1.29, 1.82) is 0 Å². The first-order valence-electron chi connectivity index (χ1n) is 5.06. The molecule has 0 amide bonds. The van der Waals surface area contributed by atoms with Gasteiger partial charge in [-0.2, -0.15) is 0 Å². The molecule has 0 saturated heterocycles. The summed E-state index contributed by atoms with van der Waals surface area (Å²) in [7, 11) is 1.31. The van der Waals surface area contributed by atoms with Crippen LogP contribution in [0.1, 0.15) is 5.82 Å². The van der Waals surface area contributed by atoms with Crippen molar-refractivity contribution in [3.8, 4) is 11.3 Å². The van der Waals surface area contributed by atoms with Gasteiger partial charge < -0.3 is 9.72 Å². The lowest BCUT2D eigenvalue weighted by Crippen LogP contribution is -2.05. The SMILES string of the molecule is COC(=O)Cc1ncc(-c2ccccc2F)[nH]1. The average Bonchev–Trinajstić information content (AvgIpc) is 2.78. The molecule has 0 unspecified atom stereocenters. The number of nitrogens with one attached hydrogen (secondary N) is 1. The molecule has 0 fully saturated rings. The smallest absolute Gasteiger partial charge is 0.313 e. The number of hydrogen-bond donors (Lipinski definition) is 1. The van der Waals surface area contributed by atoms with Crippen LogP contribution >= 0.6 is 0 Å². The van der Waals surface area contributed by atoms with E-state index in [-0.39, 0.29) is 18.2 Å². The molecule has 5 heteroatoms. The van der Waals surface area contributed by atoms with Gasteiger partial charge >= 0.3 is 5.97 Å². The van der Waals surface area contributed by atoms with E-state index in [0.29, 0.717) is 17.1 Å². The van der Waals surface area contributed by atoms with E-state index in [2.05, 4.69) is 14.7 Å². The molecule has 0 aliphatic carbocycles. The number of carbonyl (C=O) groups excluding carboxylic acids is 1. The van der Waals surface area contributed by atoms with Gasteiger partial charge in [0.15, 0.2) is 0 Å². The van der Waals surface area contributed by atoms with Crippen LogP contribution in [0, 0.1) is 5.82 Å². The molecule has 2 rings (SSSR count). The summed E-state index contributed by atoms with van der Waals surface area (Å²) >= 11 is 0. The maximum absolute atomic E-state index is 13.5. The Morgan fingerprint density at radius 2 is 2.24 bits per heavy atom. The predicted molar refractivity (Wildman–Crippen MR) is 59.7 cm³/mol. The fourth-order valence-electron chi connectivity index (χ4n) is 1.48. The minimum atomic E-state index is -0.389. The molecule has 0 radical (unpaired) electrons. The highest BCUT2D eigenvalue weighted by Crippen LogP contribution is 2.20. The zero-order chi connectivity index (χ0) is 12.3. The molecule has 0 atom stereocenters. The average molecular weight is 234 g/mol. The third kappa shape index (κ3) is 2.50. The number of hydrogen-bond acceptors (Lipinski definition) is 3. The first-order chi connectivity index (χ1) is 8.20. The van der Waals surface area contributed by atoms with Crippen LogP contribution in [0.3, 0.4) is 0 Å². The standard InChI is InChI=1S/C12H11FN2O2/c1-17-12(16)6-11-14-7-10(15-11)8-4-2-3-5-9(8)13/h2-5,7H,6H2,1H3,(H,14,15). The highest BCUT2D eigenvalue weighted by molar-refractivity contribution is 5.71. The van der Waals surface area contributed by atoms with Crippen LogP contribution in [-0.2, 0) is 16.0 Å². The minimum absolute atomic E-state index is 0.0466. The Balaban J connectivity index is 2.24. The summed E-state index contributed by atoms with van der Waals surface area (Å²) in [5.74, 6) is -0.268. The second-order valence-corrected chi connectivity index (χ2v) is 3.48. The highest BCUT2D eigenvalue weighted by atomic mass is 19.1. The molecule has 1 heterocycles. The third-order valence-corrected chi connectivity index (χ3v) is 2.33. The Morgan fingerprint density at radius 3 is 2.94 bits per heavy atom. The fraction of sp³-hybridized carbons (Fsp3) is 0.167. The van der Waals surface area contributed by atoms with E-state index in [1.54, 1.807) is 18.2 Å². The zero-order valence-electron chi connectivity index (χ0n) is 9.24. The van der Waals surface area contributed by atoms with Crippen molar-refractivity contribution < 1.29 is 13.9 Å². The molecule has 0 bridgehead atoms. The summed E-state index contributed by atoms with van der Waals surface area (Å²) in [6.45, 7) is 0. The van der Waals surface area contributed by atoms with Gasteiger partial charge in [0.2, 0.25) is 0 Å². The van der Waals surface area contributed by atoms with Crippen molar-refractivity contribution in [2.45, 2.75) is 6.42 Å². The van der Waals surface area contributed by atoms with Gasteiger partial charge in [0.1, 0.15) is 18.1 Å². The highest BCUT2D eigenvalue weighted by Gasteiger charge is 2.10. The largest absolute Gasteiger partial charge is 0.469 e. The lowest BCUT2D eigenvalue weighted by atomic mass is 10.1. The Kier molecular flexibility index (Phi) is 3.18. The van der Waals surface area contributed by atoms with Gasteiger partial charge in [0.25, 0.3) is 0 Å². The summed E-state index contributed by atoms with van der Waals surface area (Å²) in [5, 5.41) is 0. The molecule has 2 aromatic rings. The maximum Gasteiger partial charge on any atom is 0.313 e. The molecule has 0 spiro atoms. The number of halogens is 1. The number of aromatic amines is 1. The van der Waals surface area contributed by atoms with Crippen molar-refractivity contribution in [3.05, 3.63) is 42.1 Å². The van der Waals surface area contributed by atoms with E-state index < -0.39 is 0 Å². The summed E-state index contributed by atoms with van der Waals surface area (Å²) in [5.41, 5.74) is 0.970. The normalized spacial score (nSPS) is 10.2. The summed E-state index contributed by atoms with van der Waals surface area (Å²) < 4.78 is 18.0. The van der Waals surface area contributed by atoms with Gasteiger partial charge in [-0.1, -0.05) is 12.1 Å². The van der Waals surface area contributed by atoms with E-state index in [4.69, 9.17) is 0 Å². The minimum Gasteiger partial charge on any atom is -0.469 e. The Labute approximate surface area is 97.5 Å². The van der Waals surface area contributed by atoms with Crippen LogP contribution in [-0.4, -0.2) is 23.0 Å². The molecule has 17 heavy (non-hydrogen) atoms. The first kappa shape index (κ1) is 11.3. The number of aromatic nitrogens is 2. The van der Waals surface area contributed by atoms with Gasteiger partial charge in [-0.25, -0.2) is 9.37 Å². The molecular formula is C12H11FN2O2. The number of benzene rings is 1. The van der Waals surface area contributed by atoms with Crippen molar-refractivity contribution >= 4 is 5.97 Å². The molecule has 1 N–H and O–H groups in total. The van der Waals surface area contributed by atoms with Gasteiger partial charge in [-0.15, -0.1) is 0 Å². The number of carbonyl (C=O) groups is 1. The quantitative estimate of drug-likeness (QED) is 0.825. The monoisotopic (exact) mass is 234 g/mol. The zero-order valence-corrected chi connectivity index (χ0v) is 9.24. The van der Waals surface area contributed by atoms with Crippen LogP contribution in [0.5, 0.6) is 0 Å². The van der Waals surface area contributed by atoms with E-state index in [9.17, 15) is 9.18 Å². The van der Waals surface area contributed by atoms with Crippen molar-refractivity contribution in [2.24, 2.45) is 0 Å². The third-order valence-electron chi connectivity index (χ3n) is 2.33. The Bertz CT molecular complexity index is 537. The fourth-order valence-corrected chi connectivity index (χ4v) is 1.48. The number of esters is 1. The van der Waals surface area contributed by atoms with Gasteiger partial charge in [0.05, 0.1) is 19.0 Å². The number of methoxy groups -OCH3 is 1. The van der Waals surface area contributed by atoms with Crippen molar-refractivity contribution in [1.82, 2.24) is 9.97 Å². The number of H-pyrrole nitrogens is 1. The Morgan fingerprint density at radius 1 is 1.47 bits per heavy atom. The van der Waals surface area contributed by atoms with Crippen LogP contribution < -0.4 is 0 Å². The van der Waals surface area contributed by atoms with E-state index in [1.807, 2.05) is 0 Å². The number of nitrogens with zero attached hydrogens (tertiary/aromatic N) is 1. The topological polar surface area (TPSA) is 55.0 Å². The van der Waals surface area contributed by atoms with Crippen LogP contribution in [0.2, 0.25) is 0 Å². The van der Waals surface area contributed by atoms with Gasteiger partial charge in [-0.3, -0.25) is 4.79 Å². The van der Waals surface area contributed by atoms with Gasteiger partial charge in [-0.05, 0) is 12.1 Å². The second kappa shape index (κ2) is 4.78. The van der Waals surface area contributed by atoms with Crippen molar-refractivity contribution in [3.63, 3.8) is 0 Å². The number of imidazole rings is 1. The lowest BCUT2D eigenvalue weighted by molar-refractivity contribution is -0.139. The van der Waals surface area contributed by atoms with Crippen molar-refractivity contribution in [2.75, 3.05) is 7.11 Å². The van der Waals surface area contributed by atoms with Gasteiger partial charge in [0, 0.05) is 5.56 Å². The van der Waals surface area contributed by atoms with E-state index in [0.717, 1.165) is 0 Å². The summed E-state index contributed by atoms with van der Waals surface area (Å²) in [4.78, 5) is 17.9. The molecule has 0 aliphatic rings. The predicted octanol–water partition coefficient (Wildman–Crippen LogP) is 1.93. The molecule has 1 aromatic heterocycles. The van der Waals surface area contributed by atoms with E-state index >= 15 is 0 Å². The number of rotatable bonds is 3. The summed E-state index contributed by atoms with van der Waals surface area (Å²) in [6, 6.07) is 6.37. The lowest BCUT2D eigenvalue weighted by Gasteiger charge is -1.99. The molecule has 0 aliphatic heterocycles. The van der Waals surface area contributed by atoms with E-state index in [1.165, 1.54) is 19.4 Å². The molecular weight excluding hydrogens is 223 g/mol. The Hall–Kier alpha value is -2.17. The maximum atomic E-state index is 13.5. The summed E-state index contributed by atoms with van der Waals surface area (Å²) in [6.07, 6.45) is 1.54. The molecule has 88 valence electrons. The first-order valence-corrected chi connectivity index (χ1v) is 5.06. The molecule has 1 aromatic carbocycles.